The summed E-state index contributed by atoms with van der Waals surface area (Å²) in [7, 11) is -4.70. The summed E-state index contributed by atoms with van der Waals surface area (Å²) < 4.78 is 80.6. The van der Waals surface area contributed by atoms with E-state index in [1.165, 1.54) is 21.8 Å². The van der Waals surface area contributed by atoms with E-state index in [-0.39, 0.29) is 59.7 Å². The van der Waals surface area contributed by atoms with E-state index >= 15 is 4.39 Å². The number of hydrogen-bond donors (Lipinski definition) is 4. The highest BCUT2D eigenvalue weighted by molar-refractivity contribution is 8.09. The van der Waals surface area contributed by atoms with Gasteiger partial charge in [0.1, 0.15) is 24.6 Å². The Morgan fingerprint density at radius 3 is 2.50 bits per heavy atom. The highest BCUT2D eigenvalue weighted by Gasteiger charge is 2.52. The minimum Gasteiger partial charge on any atom is -0.349 e. The number of anilines is 2. The van der Waals surface area contributed by atoms with Crippen LogP contribution >= 0.6 is 6.49 Å². The number of hydrogen-bond acceptors (Lipinski definition) is 17. The van der Waals surface area contributed by atoms with Crippen LogP contribution in [0.3, 0.4) is 0 Å². The smallest absolute Gasteiger partial charge is 0.336 e. The first-order valence-electron chi connectivity index (χ1n) is 19.4. The summed E-state index contributed by atoms with van der Waals surface area (Å²) in [4.78, 5) is 62.2. The number of nitrogens with zero attached hydrogens (tertiary/aromatic N) is 8. The van der Waals surface area contributed by atoms with Crippen LogP contribution in [0.15, 0.2) is 54.1 Å². The van der Waals surface area contributed by atoms with Gasteiger partial charge in [0.2, 0.25) is 11.9 Å². The van der Waals surface area contributed by atoms with Gasteiger partial charge in [0.25, 0.3) is 11.5 Å². The van der Waals surface area contributed by atoms with Gasteiger partial charge in [-0.05, 0) is 30.4 Å². The third kappa shape index (κ3) is 8.74. The van der Waals surface area contributed by atoms with Gasteiger partial charge in [0.15, 0.2) is 53.3 Å². The number of unbranched alkanes of at least 4 members (excludes halogenated alkanes) is 1. The van der Waals surface area contributed by atoms with Crippen LogP contribution in [0.25, 0.3) is 22.3 Å². The predicted octanol–water partition coefficient (Wildman–Crippen LogP) is 2.82. The summed E-state index contributed by atoms with van der Waals surface area (Å²) in [6, 6.07) is 10.5. The summed E-state index contributed by atoms with van der Waals surface area (Å²) in [5.74, 6) is -2.17. The number of alkyl halides is 1. The molecule has 1 unspecified atom stereocenters. The molecule has 22 nitrogen and oxygen atoms in total. The largest absolute Gasteiger partial charge is 0.349 e. The predicted molar refractivity (Wildman–Crippen MR) is 220 cm³/mol. The second-order valence-electron chi connectivity index (χ2n) is 15.0. The first-order chi connectivity index (χ1) is 29.6. The summed E-state index contributed by atoms with van der Waals surface area (Å²) in [5, 5.41) is 14.6. The number of nitriles is 1. The average Bonchev–Trinajstić information content (AvgIpc) is 4.01. The van der Waals surface area contributed by atoms with Crippen molar-refractivity contribution in [1.82, 2.24) is 43.8 Å². The van der Waals surface area contributed by atoms with Crippen LogP contribution in [-0.2, 0) is 49.6 Å². The maximum Gasteiger partial charge on any atom is 0.336 e. The SMILES string of the molecule is CC(C)C(=O)Nc1nc2c(ncn2[C@@H]2O[C@@H]3COP(=S)(CCCC#N)O[C@H]4[C@@H](F)[C@H](n5cnc6c(NC(=O)c7ccccc7)ncnc65)O[C@@H]4CNS(=O)(=O)O[C@@H]2[C@@H]3C)c(=O)[nH]1. The van der Waals surface area contributed by atoms with E-state index in [2.05, 4.69) is 51.3 Å². The molecule has 0 radical (unpaired) electrons. The molecule has 2 amide bonds. The molecule has 0 saturated carbocycles. The lowest BCUT2D eigenvalue weighted by Gasteiger charge is -2.30. The molecular weight excluding hydrogens is 875 g/mol. The number of H-pyrrole nitrogens is 1. The van der Waals surface area contributed by atoms with Gasteiger partial charge in [-0.25, -0.2) is 28.5 Å². The van der Waals surface area contributed by atoms with Crippen molar-refractivity contribution >= 4 is 74.5 Å². The van der Waals surface area contributed by atoms with Crippen LogP contribution in [0.5, 0.6) is 0 Å². The summed E-state index contributed by atoms with van der Waals surface area (Å²) >= 11 is 6.00. The van der Waals surface area contributed by atoms with E-state index in [4.69, 9.17) is 34.5 Å². The number of aromatic nitrogens is 8. The van der Waals surface area contributed by atoms with Crippen molar-refractivity contribution in [2.75, 3.05) is 29.9 Å². The van der Waals surface area contributed by atoms with Gasteiger partial charge >= 0.3 is 10.3 Å². The molecule has 3 saturated heterocycles. The van der Waals surface area contributed by atoms with Crippen molar-refractivity contribution < 1.29 is 45.1 Å². The fourth-order valence-electron chi connectivity index (χ4n) is 7.18. The molecule has 4 N–H and O–H groups in total. The molecule has 9 atom stereocenters. The minimum absolute atomic E-state index is 0.0400. The quantitative estimate of drug-likeness (QED) is 0.122. The second kappa shape index (κ2) is 17.5. The lowest BCUT2D eigenvalue weighted by molar-refractivity contribution is -0.118. The zero-order chi connectivity index (χ0) is 43.9. The molecule has 1 aromatic carbocycles. The Kier molecular flexibility index (Phi) is 12.3. The van der Waals surface area contributed by atoms with Gasteiger partial charge in [0.05, 0.1) is 31.4 Å². The van der Waals surface area contributed by atoms with Gasteiger partial charge in [-0.15, -0.1) is 0 Å². The monoisotopic (exact) mass is 914 g/mol. The molecule has 62 heavy (non-hydrogen) atoms. The van der Waals surface area contributed by atoms with Gasteiger partial charge in [-0.2, -0.15) is 23.4 Å². The van der Waals surface area contributed by atoms with E-state index in [9.17, 15) is 28.1 Å². The van der Waals surface area contributed by atoms with Crippen LogP contribution in [0, 0.1) is 23.2 Å². The molecule has 5 aromatic rings. The number of fused-ring (bicyclic) bond motifs is 5. The number of ether oxygens (including phenoxy) is 2. The number of carbonyl (C=O) groups excluding carboxylic acids is 2. The first-order valence-corrected chi connectivity index (χ1v) is 23.6. The Morgan fingerprint density at radius 1 is 1.03 bits per heavy atom. The van der Waals surface area contributed by atoms with Gasteiger partial charge in [-0.3, -0.25) is 33.8 Å². The number of carbonyl (C=O) groups is 2. The van der Waals surface area contributed by atoms with Crippen LogP contribution in [-0.4, -0.2) is 109 Å². The lowest BCUT2D eigenvalue weighted by Crippen LogP contribution is -2.42. The lowest BCUT2D eigenvalue weighted by atomic mass is 10.0. The number of benzene rings is 1. The number of rotatable bonds is 9. The average molecular weight is 915 g/mol. The van der Waals surface area contributed by atoms with E-state index in [0.29, 0.717) is 5.56 Å². The molecule has 8 rings (SSSR count). The summed E-state index contributed by atoms with van der Waals surface area (Å²) in [5.41, 5.74) is -0.268. The fraction of sp³-hybridized carbons (Fsp3) is 0.472. The number of amides is 2. The molecule has 3 aliphatic heterocycles. The molecule has 2 bridgehead atoms. The van der Waals surface area contributed by atoms with E-state index in [1.807, 2.05) is 0 Å². The number of imidazole rings is 2. The zero-order valence-corrected chi connectivity index (χ0v) is 35.7. The molecule has 0 spiro atoms. The third-order valence-corrected chi connectivity index (χ3v) is 14.6. The second-order valence-corrected chi connectivity index (χ2v) is 20.2. The Morgan fingerprint density at radius 2 is 1.76 bits per heavy atom. The van der Waals surface area contributed by atoms with Crippen LogP contribution in [0.2, 0.25) is 0 Å². The van der Waals surface area contributed by atoms with E-state index < -0.39 is 95.6 Å². The van der Waals surface area contributed by atoms with Crippen molar-refractivity contribution in [3.63, 3.8) is 0 Å². The van der Waals surface area contributed by atoms with Crippen molar-refractivity contribution in [3.05, 3.63) is 65.2 Å². The van der Waals surface area contributed by atoms with Crippen molar-refractivity contribution in [3.8, 4) is 6.07 Å². The minimum atomic E-state index is -4.70. The Labute approximate surface area is 357 Å². The number of halogens is 1. The summed E-state index contributed by atoms with van der Waals surface area (Å²) in [6.45, 7) is 0.622. The van der Waals surface area contributed by atoms with Crippen molar-refractivity contribution in [1.29, 1.82) is 5.26 Å². The number of nitrogens with one attached hydrogen (secondary N) is 4. The molecule has 3 fully saturated rings. The Balaban J connectivity index is 1.10. The molecule has 26 heteroatoms. The van der Waals surface area contributed by atoms with Gasteiger partial charge in [0, 0.05) is 36.5 Å². The summed E-state index contributed by atoms with van der Waals surface area (Å²) in [6.07, 6.45) is -5.79. The molecule has 328 valence electrons. The van der Waals surface area contributed by atoms with Gasteiger partial charge in [-0.1, -0.05) is 39.0 Å². The normalized spacial score (nSPS) is 28.7. The van der Waals surface area contributed by atoms with Crippen molar-refractivity contribution in [2.24, 2.45) is 11.8 Å². The third-order valence-electron chi connectivity index (χ3n) is 10.5. The molecule has 7 heterocycles. The van der Waals surface area contributed by atoms with Crippen LogP contribution in [0.4, 0.5) is 16.2 Å². The van der Waals surface area contributed by atoms with Crippen LogP contribution < -0.4 is 20.9 Å². The van der Waals surface area contributed by atoms with E-state index in [1.54, 1.807) is 51.1 Å². The Bertz CT molecular complexity index is 2770. The first kappa shape index (κ1) is 43.5. The van der Waals surface area contributed by atoms with Crippen LogP contribution in [0.1, 0.15) is 56.4 Å². The maximum atomic E-state index is 17.0. The molecular formula is C36H40FN12O10PS2. The highest BCUT2D eigenvalue weighted by atomic mass is 32.5. The van der Waals surface area contributed by atoms with Crippen molar-refractivity contribution in [2.45, 2.75) is 76.7 Å². The molecule has 4 aromatic heterocycles. The zero-order valence-electron chi connectivity index (χ0n) is 33.2. The van der Waals surface area contributed by atoms with E-state index in [0.717, 1.165) is 6.33 Å². The Hall–Kier alpha value is -5.16. The highest BCUT2D eigenvalue weighted by Crippen LogP contribution is 2.55. The molecule has 0 aliphatic carbocycles. The number of aromatic amines is 1. The standard InChI is InChI=1S/C36H40FN12O10PS2/c1-18(2)31(50)46-36-45-30-25(33(52)47-36)42-17-49(30)35-26-19(3)22(57-35)14-55-60(61,12-8-7-11-38)58-27-21(13-43-62(53,54)59-26)56-34(23(27)37)48-16-41-24-28(39-15-40-29(24)48)44-32(51)20-9-5-4-6-10-20/h4-6,9-10,15-19,21-23,26-27,34-35,43H,7-8,12-14H2,1-3H3,(H,39,40,44,51)(H2,45,46,47,50,52)/t19-,21-,22-,23-,26-,27-,34-,35-,60?/m1/s1. The van der Waals surface area contributed by atoms with Gasteiger partial charge < -0.3 is 23.8 Å². The topological polar surface area (TPSA) is 281 Å². The fourth-order valence-corrected chi connectivity index (χ4v) is 10.9. The maximum absolute atomic E-state index is 17.0. The molecule has 3 aliphatic rings.